The van der Waals surface area contributed by atoms with Crippen LogP contribution in [0.15, 0.2) is 18.2 Å². The maximum atomic E-state index is 13.8. The molecule has 2 unspecified atom stereocenters. The number of benzene rings is 1. The van der Waals surface area contributed by atoms with Crippen molar-refractivity contribution < 1.29 is 9.13 Å². The quantitative estimate of drug-likeness (QED) is 0.682. The predicted octanol–water partition coefficient (Wildman–Crippen LogP) is 4.57. The van der Waals surface area contributed by atoms with E-state index in [4.69, 9.17) is 4.74 Å². The molecule has 0 aliphatic rings. The fourth-order valence-corrected chi connectivity index (χ4v) is 2.91. The topological polar surface area (TPSA) is 21.3 Å². The van der Waals surface area contributed by atoms with Crippen LogP contribution in [0.4, 0.5) is 4.39 Å². The highest BCUT2D eigenvalue weighted by Gasteiger charge is 2.19. The summed E-state index contributed by atoms with van der Waals surface area (Å²) in [5.74, 6) is 0.693. The smallest absolute Gasteiger partial charge is 0.165 e. The third-order valence-corrected chi connectivity index (χ3v) is 4.16. The zero-order valence-corrected chi connectivity index (χ0v) is 13.9. The molecular weight excluding hydrogens is 265 g/mol. The highest BCUT2D eigenvalue weighted by atomic mass is 19.1. The third-order valence-electron chi connectivity index (χ3n) is 4.16. The van der Waals surface area contributed by atoms with Gasteiger partial charge in [-0.2, -0.15) is 0 Å². The van der Waals surface area contributed by atoms with Crippen LogP contribution in [0, 0.1) is 11.7 Å². The highest BCUT2D eigenvalue weighted by molar-refractivity contribution is 5.29. The minimum atomic E-state index is -0.271. The maximum Gasteiger partial charge on any atom is 0.165 e. The van der Waals surface area contributed by atoms with Gasteiger partial charge in [0.2, 0.25) is 0 Å². The summed E-state index contributed by atoms with van der Waals surface area (Å²) in [6.45, 7) is 7.56. The van der Waals surface area contributed by atoms with Crippen molar-refractivity contribution in [3.8, 4) is 5.75 Å². The van der Waals surface area contributed by atoms with E-state index in [0.29, 0.717) is 17.7 Å². The molecule has 3 heteroatoms. The van der Waals surface area contributed by atoms with Gasteiger partial charge in [0.25, 0.3) is 0 Å². The van der Waals surface area contributed by atoms with Gasteiger partial charge in [-0.15, -0.1) is 0 Å². The van der Waals surface area contributed by atoms with Gasteiger partial charge in [-0.05, 0) is 43.0 Å². The lowest BCUT2D eigenvalue weighted by Gasteiger charge is -2.27. The molecule has 0 aromatic heterocycles. The van der Waals surface area contributed by atoms with Gasteiger partial charge >= 0.3 is 0 Å². The predicted molar refractivity (Wildman–Crippen MR) is 87.4 cm³/mol. The average molecular weight is 295 g/mol. The van der Waals surface area contributed by atoms with E-state index < -0.39 is 0 Å². The number of methoxy groups -OCH3 is 1. The summed E-state index contributed by atoms with van der Waals surface area (Å²) < 4.78 is 18.8. The van der Waals surface area contributed by atoms with Crippen LogP contribution >= 0.6 is 0 Å². The van der Waals surface area contributed by atoms with Crippen molar-refractivity contribution in [2.75, 3.05) is 13.7 Å². The first-order valence-corrected chi connectivity index (χ1v) is 8.21. The van der Waals surface area contributed by atoms with E-state index in [0.717, 1.165) is 24.9 Å². The van der Waals surface area contributed by atoms with Gasteiger partial charge in [0.1, 0.15) is 0 Å². The minimum absolute atomic E-state index is 0.271. The second-order valence-electron chi connectivity index (χ2n) is 5.65. The Balaban J connectivity index is 2.78. The van der Waals surface area contributed by atoms with Crippen LogP contribution in [-0.4, -0.2) is 19.7 Å². The second kappa shape index (κ2) is 9.78. The molecule has 1 rings (SSSR count). The number of unbranched alkanes of at least 4 members (excludes halogenated alkanes) is 1. The van der Waals surface area contributed by atoms with E-state index in [2.05, 4.69) is 26.1 Å². The largest absolute Gasteiger partial charge is 0.494 e. The molecule has 0 fully saturated rings. The molecule has 21 heavy (non-hydrogen) atoms. The summed E-state index contributed by atoms with van der Waals surface area (Å²) in [4.78, 5) is 0. The molecule has 0 aliphatic heterocycles. The summed E-state index contributed by atoms with van der Waals surface area (Å²) in [6, 6.07) is 5.72. The van der Waals surface area contributed by atoms with Crippen molar-refractivity contribution >= 4 is 0 Å². The second-order valence-corrected chi connectivity index (χ2v) is 5.65. The molecule has 120 valence electrons. The Kier molecular flexibility index (Phi) is 8.36. The van der Waals surface area contributed by atoms with Crippen molar-refractivity contribution in [3.05, 3.63) is 29.6 Å². The highest BCUT2D eigenvalue weighted by Crippen LogP contribution is 2.23. The molecule has 0 aliphatic carbocycles. The Morgan fingerprint density at radius 3 is 2.52 bits per heavy atom. The van der Waals surface area contributed by atoms with Gasteiger partial charge < -0.3 is 10.1 Å². The molecular formula is C18H30FNO. The molecule has 0 heterocycles. The molecule has 1 N–H and O–H groups in total. The minimum Gasteiger partial charge on any atom is -0.494 e. The third kappa shape index (κ3) is 5.66. The number of hydrogen-bond acceptors (Lipinski definition) is 2. The van der Waals surface area contributed by atoms with Gasteiger partial charge in [0, 0.05) is 6.04 Å². The van der Waals surface area contributed by atoms with E-state index >= 15 is 0 Å². The molecule has 0 saturated carbocycles. The summed E-state index contributed by atoms with van der Waals surface area (Å²) in [5.41, 5.74) is 1.04. The molecule has 1 aromatic rings. The van der Waals surface area contributed by atoms with E-state index in [9.17, 15) is 4.39 Å². The summed E-state index contributed by atoms with van der Waals surface area (Å²) in [5, 5.41) is 3.59. The van der Waals surface area contributed by atoms with Gasteiger partial charge in [0.05, 0.1) is 7.11 Å². The van der Waals surface area contributed by atoms with E-state index in [1.807, 2.05) is 6.07 Å². The number of rotatable bonds is 10. The first-order chi connectivity index (χ1) is 10.2. The molecule has 0 radical (unpaired) electrons. The Bertz CT molecular complexity index is 408. The van der Waals surface area contributed by atoms with E-state index in [1.54, 1.807) is 12.1 Å². The Labute approximate surface area is 129 Å². The Morgan fingerprint density at radius 1 is 1.24 bits per heavy atom. The molecule has 0 bridgehead atoms. The number of halogens is 1. The van der Waals surface area contributed by atoms with Crippen molar-refractivity contribution in [3.63, 3.8) is 0 Å². The molecule has 0 amide bonds. The first kappa shape index (κ1) is 18.0. The molecule has 0 saturated heterocycles. The van der Waals surface area contributed by atoms with Crippen molar-refractivity contribution in [1.82, 2.24) is 5.32 Å². The van der Waals surface area contributed by atoms with Crippen LogP contribution in [0.2, 0.25) is 0 Å². The lowest BCUT2D eigenvalue weighted by Crippen LogP contribution is -2.38. The van der Waals surface area contributed by atoms with Crippen LogP contribution in [0.3, 0.4) is 0 Å². The molecule has 2 atom stereocenters. The summed E-state index contributed by atoms with van der Waals surface area (Å²) in [7, 11) is 1.50. The monoisotopic (exact) mass is 295 g/mol. The molecule has 2 nitrogen and oxygen atoms in total. The van der Waals surface area contributed by atoms with Crippen LogP contribution in [-0.2, 0) is 6.42 Å². The van der Waals surface area contributed by atoms with E-state index in [-0.39, 0.29) is 5.82 Å². The molecule has 0 spiro atoms. The lowest BCUT2D eigenvalue weighted by atomic mass is 9.87. The fourth-order valence-electron chi connectivity index (χ4n) is 2.91. The van der Waals surface area contributed by atoms with Crippen LogP contribution in [0.1, 0.15) is 52.0 Å². The van der Waals surface area contributed by atoms with Gasteiger partial charge in [-0.3, -0.25) is 0 Å². The zero-order valence-electron chi connectivity index (χ0n) is 13.9. The van der Waals surface area contributed by atoms with Crippen LogP contribution in [0.25, 0.3) is 0 Å². The number of ether oxygens (including phenoxy) is 1. The Morgan fingerprint density at radius 2 is 2.00 bits per heavy atom. The summed E-state index contributed by atoms with van der Waals surface area (Å²) in [6.07, 6.45) is 5.76. The van der Waals surface area contributed by atoms with Crippen molar-refractivity contribution in [2.24, 2.45) is 5.92 Å². The van der Waals surface area contributed by atoms with Crippen LogP contribution in [0.5, 0.6) is 5.75 Å². The number of likely N-dealkylation sites (N-methyl/N-ethyl adjacent to an activating group) is 1. The number of nitrogens with one attached hydrogen (secondary N) is 1. The van der Waals surface area contributed by atoms with Crippen LogP contribution < -0.4 is 10.1 Å². The summed E-state index contributed by atoms with van der Waals surface area (Å²) >= 11 is 0. The van der Waals surface area contributed by atoms with Gasteiger partial charge in [-0.1, -0.05) is 46.1 Å². The van der Waals surface area contributed by atoms with Crippen molar-refractivity contribution in [2.45, 2.75) is 58.9 Å². The fraction of sp³-hybridized carbons (Fsp3) is 0.667. The maximum absolute atomic E-state index is 13.8. The zero-order chi connectivity index (χ0) is 15.7. The van der Waals surface area contributed by atoms with Crippen molar-refractivity contribution in [1.29, 1.82) is 0 Å². The van der Waals surface area contributed by atoms with Gasteiger partial charge in [-0.25, -0.2) is 4.39 Å². The average Bonchev–Trinajstić information content (AvgIpc) is 2.48. The Hall–Kier alpha value is -1.09. The van der Waals surface area contributed by atoms with E-state index in [1.165, 1.54) is 26.4 Å². The van der Waals surface area contributed by atoms with Gasteiger partial charge in [0.15, 0.2) is 11.6 Å². The first-order valence-electron chi connectivity index (χ1n) is 8.21. The lowest BCUT2D eigenvalue weighted by molar-refractivity contribution is 0.319. The number of hydrogen-bond donors (Lipinski definition) is 1. The normalized spacial score (nSPS) is 14.0. The SMILES string of the molecule is CCCCC(CC)C(Cc1ccc(OC)c(F)c1)NCC. The molecule has 1 aromatic carbocycles. The standard InChI is InChI=1S/C18H30FNO/c1-5-8-9-15(6-2)17(20-7-3)13-14-10-11-18(21-4)16(19)12-14/h10-12,15,17,20H,5-9,13H2,1-4H3.